The molecule has 0 saturated carbocycles. The van der Waals surface area contributed by atoms with Gasteiger partial charge in [-0.3, -0.25) is 4.79 Å². The Bertz CT molecular complexity index is 633. The Labute approximate surface area is 136 Å². The maximum atomic E-state index is 11.6. The highest BCUT2D eigenvalue weighted by Gasteiger charge is 2.07. The van der Waals surface area contributed by atoms with Crippen LogP contribution >= 0.6 is 23.4 Å². The van der Waals surface area contributed by atoms with Crippen molar-refractivity contribution in [2.24, 2.45) is 0 Å². The summed E-state index contributed by atoms with van der Waals surface area (Å²) in [6.45, 7) is -0.0820. The lowest BCUT2D eigenvalue weighted by molar-refractivity contribution is -0.144. The van der Waals surface area contributed by atoms with Gasteiger partial charge in [-0.25, -0.2) is 0 Å². The van der Waals surface area contributed by atoms with Gasteiger partial charge in [-0.1, -0.05) is 11.6 Å². The lowest BCUT2D eigenvalue weighted by Gasteiger charge is -2.05. The van der Waals surface area contributed by atoms with Crippen molar-refractivity contribution in [3.8, 4) is 0 Å². The predicted octanol–water partition coefficient (Wildman–Crippen LogP) is 1.91. The third kappa shape index (κ3) is 5.38. The summed E-state index contributed by atoms with van der Waals surface area (Å²) >= 11 is 7.34. The minimum absolute atomic E-state index is 0.00292. The van der Waals surface area contributed by atoms with E-state index < -0.39 is 0 Å². The van der Waals surface area contributed by atoms with Crippen LogP contribution in [0.4, 0.5) is 11.9 Å². The molecule has 0 radical (unpaired) electrons. The monoisotopic (exact) mass is 339 g/mol. The van der Waals surface area contributed by atoms with Gasteiger partial charge in [-0.2, -0.15) is 15.0 Å². The highest BCUT2D eigenvalue weighted by Crippen LogP contribution is 2.21. The van der Waals surface area contributed by atoms with E-state index in [0.717, 1.165) is 4.90 Å². The molecule has 9 heteroatoms. The zero-order chi connectivity index (χ0) is 15.9. The van der Waals surface area contributed by atoms with Gasteiger partial charge in [0.15, 0.2) is 12.4 Å². The number of anilines is 2. The first-order chi connectivity index (χ1) is 10.5. The molecule has 0 aliphatic rings. The molecule has 1 heterocycles. The summed E-state index contributed by atoms with van der Waals surface area (Å²) in [4.78, 5) is 24.0. The van der Waals surface area contributed by atoms with Crippen molar-refractivity contribution in [3.05, 3.63) is 35.1 Å². The number of hydrogen-bond acceptors (Lipinski definition) is 8. The Morgan fingerprint density at radius 1 is 1.14 bits per heavy atom. The van der Waals surface area contributed by atoms with Crippen molar-refractivity contribution in [2.75, 3.05) is 17.2 Å². The molecule has 1 aromatic carbocycles. The molecule has 0 amide bonds. The van der Waals surface area contributed by atoms with Crippen LogP contribution in [-0.2, 0) is 16.1 Å². The largest absolute Gasteiger partial charge is 0.457 e. The summed E-state index contributed by atoms with van der Waals surface area (Å²) in [5, 5.41) is 0.680. The molecule has 0 aliphatic heterocycles. The molecule has 0 bridgehead atoms. The molecule has 4 N–H and O–H groups in total. The molecule has 0 spiro atoms. The van der Waals surface area contributed by atoms with Crippen LogP contribution < -0.4 is 11.5 Å². The van der Waals surface area contributed by atoms with Gasteiger partial charge in [0.1, 0.15) is 0 Å². The molecule has 2 aromatic rings. The number of nitrogens with zero attached hydrogens (tertiary/aromatic N) is 3. The average Bonchev–Trinajstić information content (AvgIpc) is 2.46. The number of benzene rings is 1. The maximum Gasteiger partial charge on any atom is 0.307 e. The number of esters is 1. The summed E-state index contributed by atoms with van der Waals surface area (Å²) in [5.74, 6) is 0.471. The quantitative estimate of drug-likeness (QED) is 0.605. The van der Waals surface area contributed by atoms with Crippen molar-refractivity contribution in [1.29, 1.82) is 0 Å². The average molecular weight is 340 g/mol. The molecule has 0 unspecified atom stereocenters. The van der Waals surface area contributed by atoms with Gasteiger partial charge in [0.2, 0.25) is 11.9 Å². The van der Waals surface area contributed by atoms with Gasteiger partial charge in [-0.15, -0.1) is 11.8 Å². The summed E-state index contributed by atoms with van der Waals surface area (Å²) in [6.07, 6.45) is 0.267. The number of nitrogens with two attached hydrogens (primary N) is 2. The smallest absolute Gasteiger partial charge is 0.307 e. The molecule has 116 valence electrons. The normalized spacial score (nSPS) is 10.4. The Hall–Kier alpha value is -2.06. The van der Waals surface area contributed by atoms with E-state index in [1.807, 2.05) is 12.1 Å². The third-order valence-electron chi connectivity index (χ3n) is 2.47. The number of thioether (sulfide) groups is 1. The summed E-state index contributed by atoms with van der Waals surface area (Å²) < 4.78 is 5.06. The first-order valence-corrected chi connectivity index (χ1v) is 7.69. The van der Waals surface area contributed by atoms with Crippen LogP contribution in [0.5, 0.6) is 0 Å². The number of carbonyl (C=O) groups excluding carboxylic acids is 1. The van der Waals surface area contributed by atoms with E-state index in [2.05, 4.69) is 15.0 Å². The second-order valence-corrected chi connectivity index (χ2v) is 5.79. The molecule has 0 aliphatic carbocycles. The van der Waals surface area contributed by atoms with Crippen LogP contribution in [0.25, 0.3) is 0 Å². The van der Waals surface area contributed by atoms with E-state index in [9.17, 15) is 4.79 Å². The Balaban J connectivity index is 1.72. The van der Waals surface area contributed by atoms with Crippen molar-refractivity contribution in [3.63, 3.8) is 0 Å². The zero-order valence-electron chi connectivity index (χ0n) is 11.5. The number of carbonyl (C=O) groups is 1. The predicted molar refractivity (Wildman–Crippen MR) is 85.2 cm³/mol. The molecular formula is C13H14ClN5O2S. The Kier molecular flexibility index (Phi) is 5.79. The van der Waals surface area contributed by atoms with Crippen molar-refractivity contribution >= 4 is 41.2 Å². The van der Waals surface area contributed by atoms with Gasteiger partial charge < -0.3 is 16.2 Å². The number of rotatable bonds is 6. The van der Waals surface area contributed by atoms with E-state index >= 15 is 0 Å². The van der Waals surface area contributed by atoms with Crippen LogP contribution in [0, 0.1) is 0 Å². The molecular weight excluding hydrogens is 326 g/mol. The number of aromatic nitrogens is 3. The fourth-order valence-corrected chi connectivity index (χ4v) is 2.48. The van der Waals surface area contributed by atoms with E-state index in [-0.39, 0.29) is 36.7 Å². The van der Waals surface area contributed by atoms with Gasteiger partial charge >= 0.3 is 5.97 Å². The van der Waals surface area contributed by atoms with Crippen molar-refractivity contribution in [1.82, 2.24) is 15.0 Å². The molecule has 0 fully saturated rings. The first-order valence-electron chi connectivity index (χ1n) is 6.33. The van der Waals surface area contributed by atoms with Crippen LogP contribution in [0.3, 0.4) is 0 Å². The summed E-state index contributed by atoms with van der Waals surface area (Å²) in [5.41, 5.74) is 10.9. The highest BCUT2D eigenvalue weighted by molar-refractivity contribution is 7.99. The van der Waals surface area contributed by atoms with Crippen LogP contribution in [0.15, 0.2) is 29.2 Å². The van der Waals surface area contributed by atoms with Crippen LogP contribution in [-0.4, -0.2) is 26.7 Å². The van der Waals surface area contributed by atoms with Gasteiger partial charge in [0.25, 0.3) is 0 Å². The van der Waals surface area contributed by atoms with Crippen LogP contribution in [0.2, 0.25) is 5.02 Å². The lowest BCUT2D eigenvalue weighted by Crippen LogP contribution is -2.11. The third-order valence-corrected chi connectivity index (χ3v) is 3.73. The fraction of sp³-hybridized carbons (Fsp3) is 0.231. The Morgan fingerprint density at radius 2 is 1.77 bits per heavy atom. The van der Waals surface area contributed by atoms with Gasteiger partial charge in [-0.05, 0) is 24.3 Å². The van der Waals surface area contributed by atoms with E-state index in [1.54, 1.807) is 23.9 Å². The summed E-state index contributed by atoms with van der Waals surface area (Å²) in [7, 11) is 0. The van der Waals surface area contributed by atoms with Gasteiger partial charge in [0.05, 0.1) is 6.42 Å². The van der Waals surface area contributed by atoms with Crippen molar-refractivity contribution < 1.29 is 9.53 Å². The molecule has 7 nitrogen and oxygen atoms in total. The molecule has 22 heavy (non-hydrogen) atoms. The minimum Gasteiger partial charge on any atom is -0.457 e. The highest BCUT2D eigenvalue weighted by atomic mass is 35.5. The second-order valence-electron chi connectivity index (χ2n) is 4.18. The topological polar surface area (TPSA) is 117 Å². The van der Waals surface area contributed by atoms with Crippen LogP contribution in [0.1, 0.15) is 12.2 Å². The van der Waals surface area contributed by atoms with E-state index in [4.69, 9.17) is 27.8 Å². The molecule has 2 rings (SSSR count). The number of nitrogen functional groups attached to an aromatic ring is 2. The standard InChI is InChI=1S/C13H14ClN5O2S/c14-8-1-3-9(4-2-8)22-6-5-11(20)21-7-10-17-12(15)19-13(16)18-10/h1-4H,5-7H2,(H4,15,16,17,18,19). The molecule has 0 atom stereocenters. The van der Waals surface area contributed by atoms with E-state index in [1.165, 1.54) is 0 Å². The number of hydrogen-bond donors (Lipinski definition) is 2. The fourth-order valence-electron chi connectivity index (χ4n) is 1.52. The SMILES string of the molecule is Nc1nc(N)nc(COC(=O)CCSc2ccc(Cl)cc2)n1. The second kappa shape index (κ2) is 7.81. The summed E-state index contributed by atoms with van der Waals surface area (Å²) in [6, 6.07) is 7.40. The molecule has 1 aromatic heterocycles. The first kappa shape index (κ1) is 16.3. The number of halogens is 1. The zero-order valence-corrected chi connectivity index (χ0v) is 13.1. The maximum absolute atomic E-state index is 11.6. The Morgan fingerprint density at radius 3 is 2.41 bits per heavy atom. The molecule has 0 saturated heterocycles. The minimum atomic E-state index is -0.348. The lowest BCUT2D eigenvalue weighted by atomic mass is 10.4. The van der Waals surface area contributed by atoms with Gasteiger partial charge in [0, 0.05) is 15.7 Å². The number of ether oxygens (including phenoxy) is 1. The van der Waals surface area contributed by atoms with E-state index in [0.29, 0.717) is 10.8 Å². The van der Waals surface area contributed by atoms with Crippen molar-refractivity contribution in [2.45, 2.75) is 17.9 Å².